The third-order valence-electron chi connectivity index (χ3n) is 9.62. The van der Waals surface area contributed by atoms with Crippen LogP contribution in [0.15, 0.2) is 91.0 Å². The first-order valence-corrected chi connectivity index (χ1v) is 18.9. The first-order chi connectivity index (χ1) is 19.8. The predicted molar refractivity (Wildman–Crippen MR) is 174 cm³/mol. The summed E-state index contributed by atoms with van der Waals surface area (Å²) in [4.78, 5) is 16.5. The van der Waals surface area contributed by atoms with E-state index in [4.69, 9.17) is 0 Å². The lowest BCUT2D eigenvalue weighted by molar-refractivity contribution is 0.0749. The average Bonchev–Trinajstić information content (AvgIpc) is 3.45. The van der Waals surface area contributed by atoms with Crippen LogP contribution < -0.4 is 10.6 Å². The second-order valence-corrected chi connectivity index (χ2v) is 17.5. The standard InChI is InChI=1S/C36H45NOP2/c38-36(29-16-6-1-7-17-29)37-27-35(40(33-22-12-4-13-23-33)34-24-14-5-15-25-34)26-30(37)28-39(31-18-8-2-9-19-31)32-20-10-3-11-21-32/h1-3,6-11,16-21,30,33-35H,4-5,12-15,22-28H2/t30-,35-/m0/s1. The van der Waals surface area contributed by atoms with Crippen molar-refractivity contribution in [3.63, 3.8) is 0 Å². The maximum absolute atomic E-state index is 14.2. The zero-order valence-corrected chi connectivity index (χ0v) is 25.7. The largest absolute Gasteiger partial charge is 0.335 e. The van der Waals surface area contributed by atoms with Gasteiger partial charge in [-0.1, -0.05) is 125 Å². The van der Waals surface area contributed by atoms with Gasteiger partial charge in [-0.3, -0.25) is 4.79 Å². The van der Waals surface area contributed by atoms with Gasteiger partial charge < -0.3 is 4.90 Å². The molecule has 0 spiro atoms. The Bertz CT molecular complexity index is 1130. The van der Waals surface area contributed by atoms with E-state index in [9.17, 15) is 4.79 Å². The molecule has 2 aliphatic carbocycles. The number of hydrogen-bond acceptors (Lipinski definition) is 1. The van der Waals surface area contributed by atoms with Crippen LogP contribution in [0.3, 0.4) is 0 Å². The Labute approximate surface area is 244 Å². The summed E-state index contributed by atoms with van der Waals surface area (Å²) < 4.78 is 0. The van der Waals surface area contributed by atoms with Crippen LogP contribution in [0.5, 0.6) is 0 Å². The van der Waals surface area contributed by atoms with Crippen molar-refractivity contribution < 1.29 is 4.79 Å². The third kappa shape index (κ3) is 6.55. The van der Waals surface area contributed by atoms with Gasteiger partial charge in [-0.25, -0.2) is 0 Å². The minimum atomic E-state index is -0.536. The van der Waals surface area contributed by atoms with Gasteiger partial charge in [0.1, 0.15) is 0 Å². The molecule has 210 valence electrons. The monoisotopic (exact) mass is 569 g/mol. The molecule has 0 N–H and O–H groups in total. The molecule has 40 heavy (non-hydrogen) atoms. The van der Waals surface area contributed by atoms with Crippen LogP contribution in [-0.2, 0) is 0 Å². The van der Waals surface area contributed by atoms with E-state index in [-0.39, 0.29) is 13.8 Å². The van der Waals surface area contributed by atoms with Gasteiger partial charge >= 0.3 is 0 Å². The minimum absolute atomic E-state index is 0.0652. The van der Waals surface area contributed by atoms with E-state index >= 15 is 0 Å². The highest BCUT2D eigenvalue weighted by atomic mass is 31.1. The van der Waals surface area contributed by atoms with Crippen molar-refractivity contribution in [3.05, 3.63) is 96.6 Å². The molecule has 2 atom stereocenters. The molecule has 0 radical (unpaired) electrons. The lowest BCUT2D eigenvalue weighted by Gasteiger charge is -2.42. The fraction of sp³-hybridized carbons (Fsp3) is 0.472. The highest BCUT2D eigenvalue weighted by Crippen LogP contribution is 2.61. The highest BCUT2D eigenvalue weighted by molar-refractivity contribution is 7.73. The summed E-state index contributed by atoms with van der Waals surface area (Å²) in [5.41, 5.74) is 3.40. The number of carbonyl (C=O) groups excluding carboxylic acids is 1. The van der Waals surface area contributed by atoms with Gasteiger partial charge in [-0.15, -0.1) is 0 Å². The Morgan fingerprint density at radius 3 is 1.60 bits per heavy atom. The lowest BCUT2D eigenvalue weighted by Crippen LogP contribution is -2.39. The number of rotatable bonds is 8. The molecule has 1 saturated heterocycles. The molecule has 1 amide bonds. The van der Waals surface area contributed by atoms with Gasteiger partial charge in [0.25, 0.3) is 5.91 Å². The van der Waals surface area contributed by atoms with E-state index in [1.165, 1.54) is 81.2 Å². The van der Waals surface area contributed by atoms with Gasteiger partial charge in [-0.05, 0) is 85.9 Å². The van der Waals surface area contributed by atoms with Gasteiger partial charge in [0.05, 0.1) is 0 Å². The second kappa shape index (κ2) is 13.8. The quantitative estimate of drug-likeness (QED) is 0.249. The third-order valence-corrected chi connectivity index (χ3v) is 16.2. The van der Waals surface area contributed by atoms with Crippen molar-refractivity contribution >= 4 is 32.4 Å². The minimum Gasteiger partial charge on any atom is -0.335 e. The number of carbonyl (C=O) groups is 1. The number of nitrogens with zero attached hydrogens (tertiary/aromatic N) is 1. The fourth-order valence-electron chi connectivity index (χ4n) is 7.72. The highest BCUT2D eigenvalue weighted by Gasteiger charge is 2.44. The molecule has 6 rings (SSSR count). The van der Waals surface area contributed by atoms with Crippen LogP contribution in [0.25, 0.3) is 0 Å². The van der Waals surface area contributed by atoms with Gasteiger partial charge in [0.2, 0.25) is 0 Å². The molecule has 3 aromatic carbocycles. The van der Waals surface area contributed by atoms with E-state index < -0.39 is 7.92 Å². The molecule has 3 aliphatic rings. The number of hydrogen-bond donors (Lipinski definition) is 0. The van der Waals surface area contributed by atoms with Crippen molar-refractivity contribution in [3.8, 4) is 0 Å². The summed E-state index contributed by atoms with van der Waals surface area (Å²) in [6.07, 6.45) is 16.6. The van der Waals surface area contributed by atoms with Crippen LogP contribution in [0, 0.1) is 0 Å². The Morgan fingerprint density at radius 1 is 0.625 bits per heavy atom. The van der Waals surface area contributed by atoms with Crippen molar-refractivity contribution in [1.82, 2.24) is 4.90 Å². The normalized spacial score (nSPS) is 22.7. The fourth-order valence-corrected chi connectivity index (χ4v) is 14.8. The molecular weight excluding hydrogens is 524 g/mol. The van der Waals surface area contributed by atoms with E-state index in [0.29, 0.717) is 11.7 Å². The van der Waals surface area contributed by atoms with Crippen molar-refractivity contribution in [2.24, 2.45) is 0 Å². The zero-order chi connectivity index (χ0) is 27.1. The molecule has 0 bridgehead atoms. The van der Waals surface area contributed by atoms with Crippen molar-refractivity contribution in [2.75, 3.05) is 12.7 Å². The van der Waals surface area contributed by atoms with E-state index in [1.807, 2.05) is 30.3 Å². The summed E-state index contributed by atoms with van der Waals surface area (Å²) in [5.74, 6) is 0.256. The van der Waals surface area contributed by atoms with Crippen LogP contribution in [0.4, 0.5) is 0 Å². The first-order valence-electron chi connectivity index (χ1n) is 15.8. The molecule has 0 aromatic heterocycles. The second-order valence-electron chi connectivity index (χ2n) is 12.2. The van der Waals surface area contributed by atoms with Gasteiger partial charge in [0.15, 0.2) is 0 Å². The predicted octanol–water partition coefficient (Wildman–Crippen LogP) is 8.55. The summed E-state index contributed by atoms with van der Waals surface area (Å²) in [6, 6.07) is 32.6. The molecule has 1 heterocycles. The van der Waals surface area contributed by atoms with E-state index in [1.54, 1.807) is 0 Å². The molecule has 3 aromatic rings. The summed E-state index contributed by atoms with van der Waals surface area (Å²) in [6.45, 7) is 0.976. The number of amides is 1. The molecular formula is C36H45NOP2. The Kier molecular flexibility index (Phi) is 9.68. The number of benzene rings is 3. The maximum atomic E-state index is 14.2. The zero-order valence-electron chi connectivity index (χ0n) is 23.9. The Morgan fingerprint density at radius 2 is 1.10 bits per heavy atom. The molecule has 2 saturated carbocycles. The van der Waals surface area contributed by atoms with Gasteiger partial charge in [-0.2, -0.15) is 0 Å². The lowest BCUT2D eigenvalue weighted by atomic mass is 9.99. The van der Waals surface area contributed by atoms with Crippen LogP contribution in [0.2, 0.25) is 0 Å². The average molecular weight is 570 g/mol. The molecule has 2 nitrogen and oxygen atoms in total. The van der Waals surface area contributed by atoms with E-state index in [0.717, 1.165) is 29.6 Å². The maximum Gasteiger partial charge on any atom is 0.254 e. The molecule has 4 heteroatoms. The molecule has 3 fully saturated rings. The summed E-state index contributed by atoms with van der Waals surface area (Å²) in [5, 5.41) is 2.86. The van der Waals surface area contributed by atoms with Crippen LogP contribution >= 0.6 is 15.8 Å². The Balaban J connectivity index is 1.33. The topological polar surface area (TPSA) is 20.3 Å². The molecule has 1 aliphatic heterocycles. The van der Waals surface area contributed by atoms with E-state index in [2.05, 4.69) is 65.6 Å². The molecule has 0 unspecified atom stereocenters. The smallest absolute Gasteiger partial charge is 0.254 e. The van der Waals surface area contributed by atoms with Crippen LogP contribution in [-0.4, -0.2) is 46.5 Å². The summed E-state index contributed by atoms with van der Waals surface area (Å²) in [7, 11) is -0.601. The first kappa shape index (κ1) is 28.1. The van der Waals surface area contributed by atoms with Crippen LogP contribution in [0.1, 0.15) is 81.0 Å². The Hall–Kier alpha value is -2.01. The number of likely N-dealkylation sites (tertiary alicyclic amines) is 1. The van der Waals surface area contributed by atoms with Gasteiger partial charge in [0, 0.05) is 18.2 Å². The van der Waals surface area contributed by atoms with Crippen molar-refractivity contribution in [1.29, 1.82) is 0 Å². The SMILES string of the molecule is O=C(c1ccccc1)N1C[C@@H](P(C2CCCCC2)C2CCCCC2)C[C@H]1CP(c1ccccc1)c1ccccc1. The van der Waals surface area contributed by atoms with Crippen molar-refractivity contribution in [2.45, 2.75) is 93.6 Å². The summed E-state index contributed by atoms with van der Waals surface area (Å²) >= 11 is 0.